The molecular weight excluding hydrogens is 178 g/mol. The Morgan fingerprint density at radius 2 is 2.00 bits per heavy atom. The van der Waals surface area contributed by atoms with Crippen LogP contribution in [-0.4, -0.2) is 39.5 Å². The molecule has 3 heteroatoms. The molecular formula is C11H23NO2. The van der Waals surface area contributed by atoms with Gasteiger partial charge >= 0.3 is 0 Å². The minimum atomic E-state index is 0.229. The molecule has 0 bridgehead atoms. The van der Waals surface area contributed by atoms with E-state index in [0.717, 1.165) is 39.2 Å². The predicted octanol–water partition coefficient (Wildman–Crippen LogP) is 1.43. The van der Waals surface area contributed by atoms with Gasteiger partial charge in [0.2, 0.25) is 0 Å². The molecule has 0 spiro atoms. The second-order valence-electron chi connectivity index (χ2n) is 4.82. The van der Waals surface area contributed by atoms with Gasteiger partial charge in [-0.3, -0.25) is 0 Å². The smallest absolute Gasteiger partial charge is 0.0619 e. The quantitative estimate of drug-likeness (QED) is 0.730. The Labute approximate surface area is 87.2 Å². The van der Waals surface area contributed by atoms with Gasteiger partial charge < -0.3 is 14.8 Å². The maximum Gasteiger partial charge on any atom is 0.0619 e. The average molecular weight is 201 g/mol. The van der Waals surface area contributed by atoms with Gasteiger partial charge in [0.05, 0.1) is 12.7 Å². The molecule has 3 nitrogen and oxygen atoms in total. The van der Waals surface area contributed by atoms with Crippen molar-refractivity contribution in [2.24, 2.45) is 5.41 Å². The van der Waals surface area contributed by atoms with E-state index in [2.05, 4.69) is 19.2 Å². The molecule has 0 aromatic rings. The summed E-state index contributed by atoms with van der Waals surface area (Å²) in [6, 6.07) is 0. The van der Waals surface area contributed by atoms with E-state index in [1.54, 1.807) is 0 Å². The van der Waals surface area contributed by atoms with Gasteiger partial charge in [0.15, 0.2) is 0 Å². The molecule has 0 unspecified atom stereocenters. The van der Waals surface area contributed by atoms with Crippen LogP contribution in [0.2, 0.25) is 0 Å². The molecule has 0 aromatic heterocycles. The van der Waals surface area contributed by atoms with Gasteiger partial charge in [0, 0.05) is 25.2 Å². The van der Waals surface area contributed by atoms with E-state index in [-0.39, 0.29) is 5.41 Å². The van der Waals surface area contributed by atoms with Crippen molar-refractivity contribution in [2.45, 2.75) is 32.8 Å². The second-order valence-corrected chi connectivity index (χ2v) is 4.82. The summed E-state index contributed by atoms with van der Waals surface area (Å²) in [4.78, 5) is 0. The first-order valence-corrected chi connectivity index (χ1v) is 5.48. The zero-order valence-corrected chi connectivity index (χ0v) is 9.64. The van der Waals surface area contributed by atoms with Gasteiger partial charge in [-0.25, -0.2) is 0 Å². The van der Waals surface area contributed by atoms with Gasteiger partial charge in [0.25, 0.3) is 0 Å². The summed E-state index contributed by atoms with van der Waals surface area (Å²) < 4.78 is 11.2. The fourth-order valence-electron chi connectivity index (χ4n) is 1.72. The Balaban J connectivity index is 2.17. The van der Waals surface area contributed by atoms with Crippen molar-refractivity contribution in [3.63, 3.8) is 0 Å². The Morgan fingerprint density at radius 3 is 2.57 bits per heavy atom. The highest BCUT2D eigenvalue weighted by Crippen LogP contribution is 2.18. The summed E-state index contributed by atoms with van der Waals surface area (Å²) in [5.74, 6) is 0. The zero-order chi connectivity index (χ0) is 10.4. The highest BCUT2D eigenvalue weighted by Gasteiger charge is 2.21. The molecule has 0 amide bonds. The van der Waals surface area contributed by atoms with Crippen molar-refractivity contribution in [2.75, 3.05) is 33.4 Å². The Bertz CT molecular complexity index is 153. The van der Waals surface area contributed by atoms with Crippen LogP contribution in [0, 0.1) is 5.41 Å². The van der Waals surface area contributed by atoms with E-state index in [1.807, 2.05) is 7.05 Å². The number of hydrogen-bond donors (Lipinski definition) is 1. The van der Waals surface area contributed by atoms with Gasteiger partial charge in [0.1, 0.15) is 0 Å². The second kappa shape index (κ2) is 5.69. The van der Waals surface area contributed by atoms with Crippen molar-refractivity contribution < 1.29 is 9.47 Å². The standard InChI is InChI=1S/C11H23NO2/c1-11(2,8-12-3)9-14-10-4-6-13-7-5-10/h10,12H,4-9H2,1-3H3. The summed E-state index contributed by atoms with van der Waals surface area (Å²) in [6.45, 7) is 7.99. The molecule has 0 radical (unpaired) electrons. The molecule has 1 N–H and O–H groups in total. The van der Waals surface area contributed by atoms with Crippen LogP contribution >= 0.6 is 0 Å². The first-order valence-electron chi connectivity index (χ1n) is 5.48. The summed E-state index contributed by atoms with van der Waals surface area (Å²) in [7, 11) is 1.98. The third-order valence-electron chi connectivity index (χ3n) is 2.53. The monoisotopic (exact) mass is 201 g/mol. The predicted molar refractivity (Wildman–Crippen MR) is 57.5 cm³/mol. The summed E-state index contributed by atoms with van der Waals surface area (Å²) in [5, 5.41) is 3.19. The maximum absolute atomic E-state index is 5.88. The van der Waals surface area contributed by atoms with Crippen LogP contribution < -0.4 is 5.32 Å². The topological polar surface area (TPSA) is 30.5 Å². The van der Waals surface area contributed by atoms with Crippen LogP contribution in [0.1, 0.15) is 26.7 Å². The molecule has 0 aromatic carbocycles. The molecule has 1 aliphatic heterocycles. The van der Waals surface area contributed by atoms with Crippen LogP contribution in [0.5, 0.6) is 0 Å². The highest BCUT2D eigenvalue weighted by atomic mass is 16.5. The SMILES string of the molecule is CNCC(C)(C)COC1CCOCC1. The fraction of sp³-hybridized carbons (Fsp3) is 1.00. The zero-order valence-electron chi connectivity index (χ0n) is 9.64. The van der Waals surface area contributed by atoms with Crippen molar-refractivity contribution in [1.29, 1.82) is 0 Å². The summed E-state index contributed by atoms with van der Waals surface area (Å²) >= 11 is 0. The molecule has 84 valence electrons. The van der Waals surface area contributed by atoms with Gasteiger partial charge in [-0.1, -0.05) is 13.8 Å². The molecule has 1 saturated heterocycles. The number of hydrogen-bond acceptors (Lipinski definition) is 3. The van der Waals surface area contributed by atoms with E-state index >= 15 is 0 Å². The summed E-state index contributed by atoms with van der Waals surface area (Å²) in [5.41, 5.74) is 0.229. The number of nitrogens with one attached hydrogen (secondary N) is 1. The van der Waals surface area contributed by atoms with Crippen LogP contribution in [0.4, 0.5) is 0 Å². The first kappa shape index (κ1) is 12.0. The van der Waals surface area contributed by atoms with Crippen LogP contribution in [-0.2, 0) is 9.47 Å². The van der Waals surface area contributed by atoms with Crippen molar-refractivity contribution in [3.8, 4) is 0 Å². The van der Waals surface area contributed by atoms with Crippen molar-refractivity contribution >= 4 is 0 Å². The van der Waals surface area contributed by atoms with E-state index in [9.17, 15) is 0 Å². The lowest BCUT2D eigenvalue weighted by Gasteiger charge is -2.29. The third kappa shape index (κ3) is 4.40. The van der Waals surface area contributed by atoms with Crippen LogP contribution in [0.25, 0.3) is 0 Å². The molecule has 0 atom stereocenters. The Hall–Kier alpha value is -0.120. The van der Waals surface area contributed by atoms with Gasteiger partial charge in [-0.2, -0.15) is 0 Å². The molecule has 1 heterocycles. The van der Waals surface area contributed by atoms with Gasteiger partial charge in [-0.05, 0) is 19.9 Å². The fourth-order valence-corrected chi connectivity index (χ4v) is 1.72. The Kier molecular flexibility index (Phi) is 4.85. The molecule has 0 aliphatic carbocycles. The van der Waals surface area contributed by atoms with Crippen molar-refractivity contribution in [3.05, 3.63) is 0 Å². The normalized spacial score (nSPS) is 19.9. The maximum atomic E-state index is 5.88. The lowest BCUT2D eigenvalue weighted by Crippen LogP contribution is -2.34. The minimum Gasteiger partial charge on any atom is -0.381 e. The lowest BCUT2D eigenvalue weighted by atomic mass is 9.95. The molecule has 1 aliphatic rings. The minimum absolute atomic E-state index is 0.229. The van der Waals surface area contributed by atoms with E-state index in [0.29, 0.717) is 6.10 Å². The average Bonchev–Trinajstić information content (AvgIpc) is 2.17. The largest absolute Gasteiger partial charge is 0.381 e. The van der Waals surface area contributed by atoms with Crippen LogP contribution in [0.3, 0.4) is 0 Å². The highest BCUT2D eigenvalue weighted by molar-refractivity contribution is 4.72. The number of rotatable bonds is 5. The molecule has 1 rings (SSSR count). The molecule has 0 saturated carbocycles. The van der Waals surface area contributed by atoms with E-state index < -0.39 is 0 Å². The Morgan fingerprint density at radius 1 is 1.36 bits per heavy atom. The first-order chi connectivity index (χ1) is 6.64. The van der Waals surface area contributed by atoms with E-state index in [1.165, 1.54) is 0 Å². The molecule has 1 fully saturated rings. The van der Waals surface area contributed by atoms with Crippen molar-refractivity contribution in [1.82, 2.24) is 5.32 Å². The van der Waals surface area contributed by atoms with E-state index in [4.69, 9.17) is 9.47 Å². The molecule has 14 heavy (non-hydrogen) atoms. The van der Waals surface area contributed by atoms with Gasteiger partial charge in [-0.15, -0.1) is 0 Å². The summed E-state index contributed by atoms with van der Waals surface area (Å²) in [6.07, 6.45) is 2.52. The lowest BCUT2D eigenvalue weighted by molar-refractivity contribution is -0.0552. The number of ether oxygens (including phenoxy) is 2. The van der Waals surface area contributed by atoms with Crippen LogP contribution in [0.15, 0.2) is 0 Å². The third-order valence-corrected chi connectivity index (χ3v) is 2.53.